The molecule has 2 aliphatic rings. The fourth-order valence-electron chi connectivity index (χ4n) is 4.21. The number of benzene rings is 1. The fourth-order valence-corrected chi connectivity index (χ4v) is 5.13. The minimum atomic E-state index is -0.676. The van der Waals surface area contributed by atoms with Crippen LogP contribution in [0.5, 0.6) is 0 Å². The molecule has 0 spiro atoms. The van der Waals surface area contributed by atoms with E-state index in [1.807, 2.05) is 4.90 Å². The number of carbonyl (C=O) groups is 3. The van der Waals surface area contributed by atoms with Crippen LogP contribution in [0.3, 0.4) is 0 Å². The number of hydrogen-bond acceptors (Lipinski definition) is 8. The Balaban J connectivity index is 0.00000342. The first-order chi connectivity index (χ1) is 16.4. The van der Waals surface area contributed by atoms with Crippen LogP contribution in [0.1, 0.15) is 43.6 Å². The van der Waals surface area contributed by atoms with E-state index in [1.165, 1.54) is 42.9 Å². The average molecular weight is 523 g/mol. The molecular formula is C24H28ClFN4O4S. The molecule has 1 aliphatic heterocycles. The highest BCUT2D eigenvalue weighted by atomic mass is 35.5. The van der Waals surface area contributed by atoms with Gasteiger partial charge in [-0.05, 0) is 37.0 Å². The third-order valence-electron chi connectivity index (χ3n) is 5.99. The Hall–Kier alpha value is -2.56. The minimum Gasteiger partial charge on any atom is -0.468 e. The van der Waals surface area contributed by atoms with Crippen molar-refractivity contribution in [1.82, 2.24) is 19.7 Å². The minimum absolute atomic E-state index is 0. The Kier molecular flexibility index (Phi) is 9.21. The molecule has 1 saturated carbocycles. The zero-order valence-corrected chi connectivity index (χ0v) is 21.2. The van der Waals surface area contributed by atoms with Crippen molar-refractivity contribution in [3.05, 3.63) is 53.4 Å². The van der Waals surface area contributed by atoms with E-state index in [-0.39, 0.29) is 41.0 Å². The number of carbonyl (C=O) groups excluding carboxylic acids is 3. The maximum absolute atomic E-state index is 14.8. The molecule has 0 amide bonds. The summed E-state index contributed by atoms with van der Waals surface area (Å²) in [4.78, 5) is 42.9. The van der Waals surface area contributed by atoms with Gasteiger partial charge in [0.1, 0.15) is 18.7 Å². The van der Waals surface area contributed by atoms with Gasteiger partial charge in [0.25, 0.3) is 0 Å². The van der Waals surface area contributed by atoms with Crippen molar-refractivity contribution >= 4 is 47.1 Å². The van der Waals surface area contributed by atoms with E-state index < -0.39 is 17.8 Å². The molecule has 0 radical (unpaired) electrons. The van der Waals surface area contributed by atoms with Gasteiger partial charge in [-0.15, -0.1) is 12.4 Å². The fraction of sp³-hybridized carbons (Fsp3) is 0.458. The highest BCUT2D eigenvalue weighted by molar-refractivity contribution is 8.14. The van der Waals surface area contributed by atoms with E-state index in [1.54, 1.807) is 24.3 Å². The molecule has 188 valence electrons. The van der Waals surface area contributed by atoms with Gasteiger partial charge in [-0.25, -0.2) is 14.1 Å². The number of ether oxygens (including phenoxy) is 1. The smallest absolute Gasteiger partial charge is 0.327 e. The molecule has 0 bridgehead atoms. The molecule has 2 fully saturated rings. The molecule has 1 aromatic heterocycles. The molecule has 2 aromatic rings. The average Bonchev–Trinajstić information content (AvgIpc) is 3.57. The summed E-state index contributed by atoms with van der Waals surface area (Å²) in [6.07, 6.45) is 5.54. The van der Waals surface area contributed by atoms with Gasteiger partial charge in [0.2, 0.25) is 0 Å². The lowest BCUT2D eigenvalue weighted by molar-refractivity contribution is -0.141. The summed E-state index contributed by atoms with van der Waals surface area (Å²) in [5.74, 6) is -0.426. The third kappa shape index (κ3) is 6.77. The van der Waals surface area contributed by atoms with Crippen molar-refractivity contribution in [1.29, 1.82) is 0 Å². The molecule has 35 heavy (non-hydrogen) atoms. The number of hydrogen-bond donors (Lipinski definition) is 0. The van der Waals surface area contributed by atoms with Gasteiger partial charge in [0, 0.05) is 36.7 Å². The standard InChI is InChI=1S/C24H27FN4O4S.ClH/c1-15(30)34-20-9-10-28(12-17(20)11-21-26-14-29(27-21)13-22(31)33-2)23(24(32)16-7-8-16)18-5-3-4-6-19(18)25;/h3-6,11,14,16,20,23H,7-10,12-13H2,1-2H3;1H. The third-order valence-corrected chi connectivity index (χ3v) is 7.14. The quantitative estimate of drug-likeness (QED) is 0.486. The maximum atomic E-state index is 14.8. The van der Waals surface area contributed by atoms with Crippen molar-refractivity contribution in [2.75, 3.05) is 20.2 Å². The van der Waals surface area contributed by atoms with E-state index in [4.69, 9.17) is 0 Å². The lowest BCUT2D eigenvalue weighted by Crippen LogP contribution is -2.43. The van der Waals surface area contributed by atoms with Crippen LogP contribution in [0, 0.1) is 11.7 Å². The largest absolute Gasteiger partial charge is 0.468 e. The summed E-state index contributed by atoms with van der Waals surface area (Å²) in [6.45, 7) is 2.41. The van der Waals surface area contributed by atoms with Crippen LogP contribution < -0.4 is 0 Å². The number of halogens is 2. The molecule has 8 nitrogen and oxygen atoms in total. The number of esters is 1. The van der Waals surface area contributed by atoms with Crippen LogP contribution in [0.25, 0.3) is 6.08 Å². The van der Waals surface area contributed by atoms with Crippen LogP contribution in [0.2, 0.25) is 0 Å². The Bertz CT molecular complexity index is 1120. The van der Waals surface area contributed by atoms with Gasteiger partial charge >= 0.3 is 5.97 Å². The van der Waals surface area contributed by atoms with Crippen LogP contribution in [-0.4, -0.2) is 62.0 Å². The Labute approximate surface area is 213 Å². The lowest BCUT2D eigenvalue weighted by atomic mass is 9.93. The van der Waals surface area contributed by atoms with Gasteiger partial charge in [-0.1, -0.05) is 30.0 Å². The molecule has 2 atom stereocenters. The summed E-state index contributed by atoms with van der Waals surface area (Å²) < 4.78 is 20.8. The number of piperidine rings is 1. The van der Waals surface area contributed by atoms with Crippen molar-refractivity contribution in [2.24, 2.45) is 5.92 Å². The number of ketones is 1. The summed E-state index contributed by atoms with van der Waals surface area (Å²) >= 11 is 1.23. The Morgan fingerprint density at radius 2 is 2.00 bits per heavy atom. The highest BCUT2D eigenvalue weighted by Crippen LogP contribution is 2.40. The zero-order chi connectivity index (χ0) is 24.2. The first kappa shape index (κ1) is 27.0. The predicted octanol–water partition coefficient (Wildman–Crippen LogP) is 3.47. The molecule has 2 unspecified atom stereocenters. The van der Waals surface area contributed by atoms with E-state index in [9.17, 15) is 18.8 Å². The number of rotatable bonds is 8. The second-order valence-corrected chi connectivity index (χ2v) is 9.93. The molecule has 2 heterocycles. The SMILES string of the molecule is COC(=O)Cn1cnc(C=C2CN(C(C(=O)C3CC3)c3ccccc3F)CCC2SC(C)=O)n1.Cl. The molecule has 0 N–H and O–H groups in total. The monoisotopic (exact) mass is 522 g/mol. The van der Waals surface area contributed by atoms with Crippen LogP contribution in [-0.2, 0) is 25.7 Å². The second-order valence-electron chi connectivity index (χ2n) is 8.55. The Morgan fingerprint density at radius 3 is 2.66 bits per heavy atom. The van der Waals surface area contributed by atoms with E-state index in [2.05, 4.69) is 14.8 Å². The molecule has 1 aromatic carbocycles. The van der Waals surface area contributed by atoms with Gasteiger partial charge < -0.3 is 4.74 Å². The highest BCUT2D eigenvalue weighted by Gasteiger charge is 2.41. The molecule has 4 rings (SSSR count). The Morgan fingerprint density at radius 1 is 1.26 bits per heavy atom. The van der Waals surface area contributed by atoms with Crippen molar-refractivity contribution in [2.45, 2.75) is 44.0 Å². The number of Topliss-reactive ketones (excluding diaryl/α,β-unsaturated/α-hetero) is 1. The molecule has 1 aliphatic carbocycles. The maximum Gasteiger partial charge on any atom is 0.327 e. The summed E-state index contributed by atoms with van der Waals surface area (Å²) in [7, 11) is 1.30. The zero-order valence-electron chi connectivity index (χ0n) is 19.6. The van der Waals surface area contributed by atoms with Crippen LogP contribution >= 0.6 is 24.2 Å². The number of methoxy groups -OCH3 is 1. The summed E-state index contributed by atoms with van der Waals surface area (Å²) in [5, 5.41) is 4.21. The van der Waals surface area contributed by atoms with E-state index >= 15 is 0 Å². The predicted molar refractivity (Wildman–Crippen MR) is 132 cm³/mol. The topological polar surface area (TPSA) is 94.4 Å². The molecular weight excluding hydrogens is 495 g/mol. The van der Waals surface area contributed by atoms with E-state index in [0.29, 0.717) is 30.9 Å². The first-order valence-corrected chi connectivity index (χ1v) is 12.1. The summed E-state index contributed by atoms with van der Waals surface area (Å²) in [6, 6.07) is 5.75. The molecule has 11 heteroatoms. The first-order valence-electron chi connectivity index (χ1n) is 11.2. The van der Waals surface area contributed by atoms with Gasteiger partial charge in [0.05, 0.1) is 13.2 Å². The number of nitrogens with zero attached hydrogens (tertiary/aromatic N) is 4. The van der Waals surface area contributed by atoms with Crippen LogP contribution in [0.4, 0.5) is 4.39 Å². The van der Waals surface area contributed by atoms with E-state index in [0.717, 1.165) is 18.4 Å². The van der Waals surface area contributed by atoms with Crippen molar-refractivity contribution in [3.63, 3.8) is 0 Å². The second kappa shape index (κ2) is 11.9. The number of aromatic nitrogens is 3. The van der Waals surface area contributed by atoms with Crippen LogP contribution in [0.15, 0.2) is 36.2 Å². The van der Waals surface area contributed by atoms with Gasteiger partial charge in [0.15, 0.2) is 16.7 Å². The van der Waals surface area contributed by atoms with Gasteiger partial charge in [-0.2, -0.15) is 5.10 Å². The summed E-state index contributed by atoms with van der Waals surface area (Å²) in [5.41, 5.74) is 1.27. The number of thioether (sulfide) groups is 1. The van der Waals surface area contributed by atoms with Crippen molar-refractivity contribution < 1.29 is 23.5 Å². The van der Waals surface area contributed by atoms with Gasteiger partial charge in [-0.3, -0.25) is 19.3 Å². The number of likely N-dealkylation sites (tertiary alicyclic amines) is 1. The molecule has 1 saturated heterocycles. The van der Waals surface area contributed by atoms with Crippen molar-refractivity contribution in [3.8, 4) is 0 Å². The lowest BCUT2D eigenvalue weighted by Gasteiger charge is -2.38. The normalized spacial score (nSPS) is 20.2.